The molecule has 1 aliphatic heterocycles. The van der Waals surface area contributed by atoms with Crippen LogP contribution in [-0.2, 0) is 14.3 Å². The Morgan fingerprint density at radius 3 is 2.83 bits per heavy atom. The fraction of sp³-hybridized carbons (Fsp3) is 0.875. The van der Waals surface area contributed by atoms with Crippen LogP contribution in [0.2, 0.25) is 0 Å². The lowest BCUT2D eigenvalue weighted by atomic mass is 10.2. The molecular weight excluding hydrogens is 158 g/mol. The summed E-state index contributed by atoms with van der Waals surface area (Å²) in [5, 5.41) is 3.08. The largest absolute Gasteiger partial charge is 0.466 e. The van der Waals surface area contributed by atoms with E-state index >= 15 is 0 Å². The highest BCUT2D eigenvalue weighted by atomic mass is 16.5. The van der Waals surface area contributed by atoms with Gasteiger partial charge in [0, 0.05) is 13.1 Å². The van der Waals surface area contributed by atoms with E-state index in [2.05, 4.69) is 5.32 Å². The summed E-state index contributed by atoms with van der Waals surface area (Å²) >= 11 is 0. The monoisotopic (exact) mass is 173 g/mol. The maximum absolute atomic E-state index is 10.8. The highest BCUT2D eigenvalue weighted by molar-refractivity contribution is 5.69. The van der Waals surface area contributed by atoms with Gasteiger partial charge in [-0.1, -0.05) is 0 Å². The number of carbonyl (C=O) groups excluding carboxylic acids is 1. The topological polar surface area (TPSA) is 47.6 Å². The zero-order valence-electron chi connectivity index (χ0n) is 7.34. The van der Waals surface area contributed by atoms with E-state index in [0.717, 1.165) is 13.1 Å². The summed E-state index contributed by atoms with van der Waals surface area (Å²) in [6, 6.07) is 0. The van der Waals surface area contributed by atoms with Crippen LogP contribution in [-0.4, -0.2) is 38.4 Å². The molecule has 0 amide bonds. The maximum atomic E-state index is 10.8. The fourth-order valence-corrected chi connectivity index (χ4v) is 0.922. The number of rotatable bonds is 5. The van der Waals surface area contributed by atoms with E-state index in [-0.39, 0.29) is 5.97 Å². The number of esters is 1. The van der Waals surface area contributed by atoms with Crippen LogP contribution in [0.4, 0.5) is 0 Å². The van der Waals surface area contributed by atoms with Gasteiger partial charge in [0.25, 0.3) is 0 Å². The minimum absolute atomic E-state index is 0.176. The number of hydrogen-bond donors (Lipinski definition) is 1. The summed E-state index contributed by atoms with van der Waals surface area (Å²) in [6.45, 7) is 4.54. The molecule has 1 heterocycles. The van der Waals surface area contributed by atoms with Gasteiger partial charge in [0.1, 0.15) is 0 Å². The molecule has 12 heavy (non-hydrogen) atoms. The van der Waals surface area contributed by atoms with Crippen molar-refractivity contribution in [2.75, 3.05) is 26.3 Å². The lowest BCUT2D eigenvalue weighted by Gasteiger charge is -2.26. The Labute approximate surface area is 72.2 Å². The summed E-state index contributed by atoms with van der Waals surface area (Å²) < 4.78 is 10.1. The van der Waals surface area contributed by atoms with Crippen molar-refractivity contribution >= 4 is 5.97 Å². The van der Waals surface area contributed by atoms with Gasteiger partial charge in [-0.15, -0.1) is 0 Å². The van der Waals surface area contributed by atoms with Gasteiger partial charge < -0.3 is 14.8 Å². The van der Waals surface area contributed by atoms with Gasteiger partial charge in [0.05, 0.1) is 25.7 Å². The maximum Gasteiger partial charge on any atom is 0.308 e. The number of nitrogens with one attached hydrogen (secondary N) is 1. The van der Waals surface area contributed by atoms with E-state index < -0.39 is 0 Å². The van der Waals surface area contributed by atoms with Gasteiger partial charge in [-0.05, 0) is 6.92 Å². The molecule has 4 nitrogen and oxygen atoms in total. The predicted molar refractivity (Wildman–Crippen MR) is 43.9 cm³/mol. The molecular formula is C8H15NO3. The average Bonchev–Trinajstić information content (AvgIpc) is 1.95. The first-order valence-corrected chi connectivity index (χ1v) is 4.31. The van der Waals surface area contributed by atoms with Crippen molar-refractivity contribution in [3.63, 3.8) is 0 Å². The molecule has 0 saturated carbocycles. The lowest BCUT2D eigenvalue weighted by molar-refractivity contribution is -0.145. The zero-order valence-corrected chi connectivity index (χ0v) is 7.34. The molecule has 0 aliphatic carbocycles. The molecule has 0 aromatic carbocycles. The van der Waals surface area contributed by atoms with Crippen molar-refractivity contribution in [2.24, 2.45) is 0 Å². The van der Waals surface area contributed by atoms with Crippen molar-refractivity contribution in [2.45, 2.75) is 19.4 Å². The van der Waals surface area contributed by atoms with Crippen LogP contribution in [0.3, 0.4) is 0 Å². The molecule has 1 saturated heterocycles. The van der Waals surface area contributed by atoms with Crippen LogP contribution in [0.15, 0.2) is 0 Å². The Morgan fingerprint density at radius 1 is 1.58 bits per heavy atom. The van der Waals surface area contributed by atoms with Gasteiger partial charge in [-0.3, -0.25) is 4.79 Å². The van der Waals surface area contributed by atoms with Crippen LogP contribution in [0.1, 0.15) is 13.3 Å². The Balaban J connectivity index is 1.90. The Morgan fingerprint density at radius 2 is 2.33 bits per heavy atom. The highest BCUT2D eigenvalue weighted by Gasteiger charge is 2.16. The molecule has 70 valence electrons. The molecule has 0 spiro atoms. The van der Waals surface area contributed by atoms with E-state index in [0.29, 0.717) is 25.7 Å². The van der Waals surface area contributed by atoms with Crippen molar-refractivity contribution in [1.82, 2.24) is 5.32 Å². The second-order valence-electron chi connectivity index (χ2n) is 2.71. The van der Waals surface area contributed by atoms with Crippen LogP contribution >= 0.6 is 0 Å². The molecule has 4 heteroatoms. The second kappa shape index (κ2) is 5.11. The molecule has 0 radical (unpaired) electrons. The van der Waals surface area contributed by atoms with E-state index in [1.54, 1.807) is 6.92 Å². The van der Waals surface area contributed by atoms with Crippen LogP contribution in [0, 0.1) is 0 Å². The SMILES string of the molecule is CCOC(=O)CCOC1CNC1. The Bertz CT molecular complexity index is 145. The van der Waals surface area contributed by atoms with E-state index in [9.17, 15) is 4.79 Å². The smallest absolute Gasteiger partial charge is 0.308 e. The summed E-state index contributed by atoms with van der Waals surface area (Å²) in [7, 11) is 0. The third kappa shape index (κ3) is 3.19. The van der Waals surface area contributed by atoms with E-state index in [4.69, 9.17) is 9.47 Å². The van der Waals surface area contributed by atoms with E-state index in [1.807, 2.05) is 0 Å². The number of carbonyl (C=O) groups is 1. The minimum atomic E-state index is -0.176. The first-order valence-electron chi connectivity index (χ1n) is 4.31. The number of ether oxygens (including phenoxy) is 2. The Kier molecular flexibility index (Phi) is 4.04. The quantitative estimate of drug-likeness (QED) is 0.591. The standard InChI is InChI=1S/C8H15NO3/c1-2-11-8(10)3-4-12-7-5-9-6-7/h7,9H,2-6H2,1H3. The molecule has 1 fully saturated rings. The molecule has 1 rings (SSSR count). The molecule has 1 N–H and O–H groups in total. The van der Waals surface area contributed by atoms with Crippen molar-refractivity contribution in [1.29, 1.82) is 0 Å². The second-order valence-corrected chi connectivity index (χ2v) is 2.71. The third-order valence-corrected chi connectivity index (χ3v) is 1.71. The first-order chi connectivity index (χ1) is 5.83. The van der Waals surface area contributed by atoms with E-state index in [1.165, 1.54) is 0 Å². The minimum Gasteiger partial charge on any atom is -0.466 e. The predicted octanol–water partition coefficient (Wildman–Crippen LogP) is -0.0720. The molecule has 1 aliphatic rings. The molecule has 0 atom stereocenters. The zero-order chi connectivity index (χ0) is 8.81. The molecule has 0 unspecified atom stereocenters. The first kappa shape index (κ1) is 9.48. The van der Waals surface area contributed by atoms with Crippen molar-refractivity contribution < 1.29 is 14.3 Å². The van der Waals surface area contributed by atoms with Crippen LogP contribution < -0.4 is 5.32 Å². The highest BCUT2D eigenvalue weighted by Crippen LogP contribution is 1.99. The van der Waals surface area contributed by atoms with Crippen LogP contribution in [0.5, 0.6) is 0 Å². The third-order valence-electron chi connectivity index (χ3n) is 1.71. The normalized spacial score (nSPS) is 17.1. The fourth-order valence-electron chi connectivity index (χ4n) is 0.922. The van der Waals surface area contributed by atoms with Crippen molar-refractivity contribution in [3.8, 4) is 0 Å². The van der Waals surface area contributed by atoms with Gasteiger partial charge in [-0.2, -0.15) is 0 Å². The van der Waals surface area contributed by atoms with Crippen LogP contribution in [0.25, 0.3) is 0 Å². The summed E-state index contributed by atoms with van der Waals surface area (Å²) in [5.41, 5.74) is 0. The average molecular weight is 173 g/mol. The van der Waals surface area contributed by atoms with Crippen molar-refractivity contribution in [3.05, 3.63) is 0 Å². The number of hydrogen-bond acceptors (Lipinski definition) is 4. The summed E-state index contributed by atoms with van der Waals surface area (Å²) in [4.78, 5) is 10.8. The summed E-state index contributed by atoms with van der Waals surface area (Å²) in [5.74, 6) is -0.176. The summed E-state index contributed by atoms with van der Waals surface area (Å²) in [6.07, 6.45) is 0.670. The molecule has 0 aromatic rings. The molecule has 0 bridgehead atoms. The Hall–Kier alpha value is -0.610. The van der Waals surface area contributed by atoms with Gasteiger partial charge in [0.2, 0.25) is 0 Å². The van der Waals surface area contributed by atoms with Gasteiger partial charge in [-0.25, -0.2) is 0 Å². The van der Waals surface area contributed by atoms with Gasteiger partial charge >= 0.3 is 5.97 Å². The molecule has 0 aromatic heterocycles. The van der Waals surface area contributed by atoms with Gasteiger partial charge in [0.15, 0.2) is 0 Å². The lowest BCUT2D eigenvalue weighted by Crippen LogP contribution is -2.48.